The first kappa shape index (κ1) is 13.9. The fraction of sp³-hybridized carbons (Fsp3) is 0.692. The molecular weight excluding hydrogens is 218 g/mol. The highest BCUT2D eigenvalue weighted by Crippen LogP contribution is 2.09. The Bertz CT molecular complexity index is 268. The number of nitrogens with zero attached hydrogens (tertiary/aromatic N) is 1. The van der Waals surface area contributed by atoms with E-state index in [9.17, 15) is 9.59 Å². The molecule has 0 aromatic carbocycles. The minimum Gasteiger partial charge on any atom is -0.396 e. The third kappa shape index (κ3) is 5.13. The zero-order valence-electron chi connectivity index (χ0n) is 10.2. The molecule has 1 aliphatic heterocycles. The lowest BCUT2D eigenvalue weighted by molar-refractivity contribution is -0.136. The summed E-state index contributed by atoms with van der Waals surface area (Å²) in [5.41, 5.74) is 0. The van der Waals surface area contributed by atoms with Crippen molar-refractivity contribution in [3.05, 3.63) is 12.2 Å². The van der Waals surface area contributed by atoms with Gasteiger partial charge >= 0.3 is 0 Å². The van der Waals surface area contributed by atoms with Crippen molar-refractivity contribution in [3.63, 3.8) is 0 Å². The maximum atomic E-state index is 11.2. The van der Waals surface area contributed by atoms with E-state index in [2.05, 4.69) is 0 Å². The van der Waals surface area contributed by atoms with Gasteiger partial charge in [0.05, 0.1) is 0 Å². The van der Waals surface area contributed by atoms with Crippen LogP contribution in [-0.4, -0.2) is 35.0 Å². The zero-order chi connectivity index (χ0) is 12.5. The number of carbonyl (C=O) groups excluding carboxylic acids is 2. The van der Waals surface area contributed by atoms with Gasteiger partial charge in [-0.2, -0.15) is 0 Å². The smallest absolute Gasteiger partial charge is 0.253 e. The van der Waals surface area contributed by atoms with Crippen LogP contribution in [0.3, 0.4) is 0 Å². The van der Waals surface area contributed by atoms with Gasteiger partial charge in [0.1, 0.15) is 0 Å². The van der Waals surface area contributed by atoms with Gasteiger partial charge in [0.25, 0.3) is 11.8 Å². The second-order valence-corrected chi connectivity index (χ2v) is 4.36. The molecule has 17 heavy (non-hydrogen) atoms. The second-order valence-electron chi connectivity index (χ2n) is 4.36. The van der Waals surface area contributed by atoms with Gasteiger partial charge in [0.15, 0.2) is 0 Å². The van der Waals surface area contributed by atoms with Crippen molar-refractivity contribution >= 4 is 11.8 Å². The van der Waals surface area contributed by atoms with Gasteiger partial charge in [-0.1, -0.05) is 32.1 Å². The fourth-order valence-corrected chi connectivity index (χ4v) is 1.92. The predicted octanol–water partition coefficient (Wildman–Crippen LogP) is 1.63. The Hall–Kier alpha value is -1.16. The van der Waals surface area contributed by atoms with Gasteiger partial charge in [-0.3, -0.25) is 14.5 Å². The van der Waals surface area contributed by atoms with Crippen LogP contribution in [0.5, 0.6) is 0 Å². The van der Waals surface area contributed by atoms with Crippen molar-refractivity contribution in [1.82, 2.24) is 4.90 Å². The molecule has 0 fully saturated rings. The fourth-order valence-electron chi connectivity index (χ4n) is 1.92. The lowest BCUT2D eigenvalue weighted by Gasteiger charge is -2.12. The summed E-state index contributed by atoms with van der Waals surface area (Å²) in [6.45, 7) is 0.827. The van der Waals surface area contributed by atoms with Gasteiger partial charge < -0.3 is 5.11 Å². The summed E-state index contributed by atoms with van der Waals surface area (Å²) in [5, 5.41) is 8.60. The summed E-state index contributed by atoms with van der Waals surface area (Å²) in [4.78, 5) is 23.7. The summed E-state index contributed by atoms with van der Waals surface area (Å²) < 4.78 is 0. The third-order valence-electron chi connectivity index (χ3n) is 2.94. The van der Waals surface area contributed by atoms with E-state index in [1.807, 2.05) is 0 Å². The summed E-state index contributed by atoms with van der Waals surface area (Å²) in [6, 6.07) is 0. The monoisotopic (exact) mass is 239 g/mol. The first-order valence-corrected chi connectivity index (χ1v) is 6.40. The van der Waals surface area contributed by atoms with Gasteiger partial charge in [-0.15, -0.1) is 0 Å². The van der Waals surface area contributed by atoms with Crippen molar-refractivity contribution in [3.8, 4) is 0 Å². The van der Waals surface area contributed by atoms with Crippen LogP contribution in [0.2, 0.25) is 0 Å². The summed E-state index contributed by atoms with van der Waals surface area (Å²) in [5.74, 6) is -0.365. The average molecular weight is 239 g/mol. The van der Waals surface area contributed by atoms with Gasteiger partial charge in [-0.25, -0.2) is 0 Å². The first-order chi connectivity index (χ1) is 8.25. The number of amides is 2. The number of carbonyl (C=O) groups is 2. The molecule has 0 saturated heterocycles. The number of rotatable bonds is 9. The molecule has 0 atom stereocenters. The van der Waals surface area contributed by atoms with Crippen molar-refractivity contribution in [1.29, 1.82) is 0 Å². The molecule has 0 spiro atoms. The summed E-state index contributed by atoms with van der Waals surface area (Å²) >= 11 is 0. The van der Waals surface area contributed by atoms with Crippen molar-refractivity contribution in [2.45, 2.75) is 44.9 Å². The van der Waals surface area contributed by atoms with Crippen molar-refractivity contribution in [2.75, 3.05) is 13.2 Å². The van der Waals surface area contributed by atoms with Crippen LogP contribution in [0.1, 0.15) is 44.9 Å². The zero-order valence-corrected chi connectivity index (χ0v) is 10.2. The number of aliphatic hydroxyl groups excluding tert-OH is 1. The van der Waals surface area contributed by atoms with E-state index in [-0.39, 0.29) is 18.4 Å². The normalized spacial score (nSPS) is 15.0. The van der Waals surface area contributed by atoms with Gasteiger partial charge in [0, 0.05) is 25.3 Å². The van der Waals surface area contributed by atoms with E-state index in [0.29, 0.717) is 6.54 Å². The highest BCUT2D eigenvalue weighted by Gasteiger charge is 2.21. The minimum absolute atomic E-state index is 0.182. The predicted molar refractivity (Wildman–Crippen MR) is 65.3 cm³/mol. The average Bonchev–Trinajstić information content (AvgIpc) is 2.63. The highest BCUT2D eigenvalue weighted by atomic mass is 16.3. The van der Waals surface area contributed by atoms with Crippen LogP contribution in [0.25, 0.3) is 0 Å². The molecule has 1 aliphatic rings. The van der Waals surface area contributed by atoms with Gasteiger partial charge in [0.2, 0.25) is 0 Å². The number of hydrogen-bond acceptors (Lipinski definition) is 3. The molecule has 4 nitrogen and oxygen atoms in total. The van der Waals surface area contributed by atoms with E-state index in [0.717, 1.165) is 38.5 Å². The summed E-state index contributed by atoms with van der Waals surface area (Å²) in [6.07, 6.45) is 10.0. The van der Waals surface area contributed by atoms with E-state index in [1.165, 1.54) is 23.5 Å². The van der Waals surface area contributed by atoms with E-state index >= 15 is 0 Å². The maximum absolute atomic E-state index is 11.2. The Balaban J connectivity index is 1.94. The molecule has 2 amide bonds. The molecule has 1 heterocycles. The van der Waals surface area contributed by atoms with Crippen LogP contribution in [0.4, 0.5) is 0 Å². The van der Waals surface area contributed by atoms with Crippen LogP contribution >= 0.6 is 0 Å². The van der Waals surface area contributed by atoms with Gasteiger partial charge in [-0.05, 0) is 12.8 Å². The number of hydrogen-bond donors (Lipinski definition) is 1. The standard InChI is InChI=1S/C13H21NO3/c15-11-7-5-3-1-2-4-6-10-14-12(16)8-9-13(14)17/h8-9,15H,1-7,10-11H2. The molecule has 0 radical (unpaired) electrons. The Morgan fingerprint density at radius 3 is 1.82 bits per heavy atom. The lowest BCUT2D eigenvalue weighted by Crippen LogP contribution is -2.30. The number of imide groups is 1. The molecule has 1 N–H and O–H groups in total. The van der Waals surface area contributed by atoms with Crippen molar-refractivity contribution < 1.29 is 14.7 Å². The Morgan fingerprint density at radius 1 is 0.824 bits per heavy atom. The quantitative estimate of drug-likeness (QED) is 0.491. The number of aliphatic hydroxyl groups is 1. The molecule has 96 valence electrons. The van der Waals surface area contributed by atoms with Crippen LogP contribution < -0.4 is 0 Å². The topological polar surface area (TPSA) is 57.6 Å². The van der Waals surface area contributed by atoms with E-state index < -0.39 is 0 Å². The Labute approximate surface area is 102 Å². The lowest BCUT2D eigenvalue weighted by atomic mass is 10.1. The largest absolute Gasteiger partial charge is 0.396 e. The molecular formula is C13H21NO3. The second kappa shape index (κ2) is 8.01. The van der Waals surface area contributed by atoms with E-state index in [1.54, 1.807) is 0 Å². The highest BCUT2D eigenvalue weighted by molar-refractivity contribution is 6.12. The molecule has 1 rings (SSSR count). The van der Waals surface area contributed by atoms with Crippen molar-refractivity contribution in [2.24, 2.45) is 0 Å². The Morgan fingerprint density at radius 2 is 1.29 bits per heavy atom. The van der Waals surface area contributed by atoms with E-state index in [4.69, 9.17) is 5.11 Å². The summed E-state index contributed by atoms with van der Waals surface area (Å²) in [7, 11) is 0. The molecule has 0 unspecified atom stereocenters. The molecule has 0 aliphatic carbocycles. The maximum Gasteiger partial charge on any atom is 0.253 e. The molecule has 0 saturated carbocycles. The molecule has 0 bridgehead atoms. The SMILES string of the molecule is O=C1C=CC(=O)N1CCCCCCCCCO. The van der Waals surface area contributed by atoms with Crippen LogP contribution in [0, 0.1) is 0 Å². The minimum atomic E-state index is -0.182. The van der Waals surface area contributed by atoms with Crippen LogP contribution in [-0.2, 0) is 9.59 Å². The number of unbranched alkanes of at least 4 members (excludes halogenated alkanes) is 6. The molecule has 0 aromatic rings. The van der Waals surface area contributed by atoms with Crippen LogP contribution in [0.15, 0.2) is 12.2 Å². The molecule has 0 aromatic heterocycles. The third-order valence-corrected chi connectivity index (χ3v) is 2.94. The molecule has 4 heteroatoms. The Kier molecular flexibility index (Phi) is 6.55. The first-order valence-electron chi connectivity index (χ1n) is 6.40.